The van der Waals surface area contributed by atoms with Crippen molar-refractivity contribution in [3.05, 3.63) is 23.2 Å². The lowest BCUT2D eigenvalue weighted by Crippen LogP contribution is -2.40. The molecule has 6 nitrogen and oxygen atoms in total. The lowest BCUT2D eigenvalue weighted by Gasteiger charge is -2.11. The molecule has 1 amide bonds. The zero-order valence-corrected chi connectivity index (χ0v) is 9.23. The summed E-state index contributed by atoms with van der Waals surface area (Å²) in [5.74, 6) is -1.67. The Kier molecular flexibility index (Phi) is 4.19. The average Bonchev–Trinajstić information content (AvgIpc) is 2.26. The van der Waals surface area contributed by atoms with E-state index in [0.717, 1.165) is 0 Å². The second-order valence-electron chi connectivity index (χ2n) is 3.00. The molecule has 1 heterocycles. The van der Waals surface area contributed by atoms with Crippen LogP contribution in [0.2, 0.25) is 5.15 Å². The summed E-state index contributed by atoms with van der Waals surface area (Å²) >= 11 is 5.50. The van der Waals surface area contributed by atoms with E-state index in [4.69, 9.17) is 16.7 Å². The topological polar surface area (TPSA) is 92.2 Å². The molecule has 0 aliphatic rings. The number of rotatable bonds is 4. The van der Waals surface area contributed by atoms with E-state index in [-0.39, 0.29) is 10.8 Å². The number of aromatic nitrogens is 2. The predicted molar refractivity (Wildman–Crippen MR) is 56.2 cm³/mol. The normalized spacial score (nSPS) is 11.9. The molecule has 1 aromatic heterocycles. The maximum atomic E-state index is 11.5. The van der Waals surface area contributed by atoms with E-state index in [1.807, 2.05) is 0 Å². The zero-order chi connectivity index (χ0) is 12.1. The van der Waals surface area contributed by atoms with Crippen LogP contribution in [0.15, 0.2) is 12.4 Å². The number of hydrogen-bond donors (Lipinski definition) is 2. The van der Waals surface area contributed by atoms with Crippen molar-refractivity contribution in [2.75, 3.05) is 0 Å². The molecule has 1 rings (SSSR count). The fourth-order valence-electron chi connectivity index (χ4n) is 1.00. The van der Waals surface area contributed by atoms with Crippen LogP contribution in [0.3, 0.4) is 0 Å². The summed E-state index contributed by atoms with van der Waals surface area (Å²) in [7, 11) is 0. The van der Waals surface area contributed by atoms with Crippen LogP contribution in [-0.4, -0.2) is 33.0 Å². The fourth-order valence-corrected chi connectivity index (χ4v) is 1.10. The maximum Gasteiger partial charge on any atom is 0.326 e. The smallest absolute Gasteiger partial charge is 0.326 e. The summed E-state index contributed by atoms with van der Waals surface area (Å²) in [6.07, 6.45) is 2.70. The van der Waals surface area contributed by atoms with E-state index < -0.39 is 17.9 Å². The number of carboxylic acids is 1. The highest BCUT2D eigenvalue weighted by molar-refractivity contribution is 6.29. The molecule has 0 aliphatic carbocycles. The Balaban J connectivity index is 2.71. The van der Waals surface area contributed by atoms with Crippen LogP contribution >= 0.6 is 11.6 Å². The van der Waals surface area contributed by atoms with Gasteiger partial charge in [-0.25, -0.2) is 14.8 Å². The molecule has 0 saturated carbocycles. The highest BCUT2D eigenvalue weighted by Crippen LogP contribution is 2.02. The lowest BCUT2D eigenvalue weighted by molar-refractivity contribution is -0.139. The molecule has 1 atom stereocenters. The lowest BCUT2D eigenvalue weighted by atomic mass is 10.2. The average molecular weight is 244 g/mol. The maximum absolute atomic E-state index is 11.5. The van der Waals surface area contributed by atoms with E-state index in [0.29, 0.717) is 6.42 Å². The first-order valence-corrected chi connectivity index (χ1v) is 4.93. The molecule has 0 radical (unpaired) electrons. The highest BCUT2D eigenvalue weighted by Gasteiger charge is 2.19. The van der Waals surface area contributed by atoms with Crippen LogP contribution in [0.5, 0.6) is 0 Å². The van der Waals surface area contributed by atoms with E-state index in [2.05, 4.69) is 15.3 Å². The Hall–Kier alpha value is -1.69. The molecule has 0 aromatic carbocycles. The first kappa shape index (κ1) is 12.4. The van der Waals surface area contributed by atoms with Gasteiger partial charge < -0.3 is 10.4 Å². The number of aliphatic carboxylic acids is 1. The fraction of sp³-hybridized carbons (Fsp3) is 0.333. The molecule has 0 fully saturated rings. The van der Waals surface area contributed by atoms with Crippen LogP contribution in [-0.2, 0) is 4.79 Å². The van der Waals surface area contributed by atoms with Crippen molar-refractivity contribution in [3.8, 4) is 0 Å². The number of nitrogens with one attached hydrogen (secondary N) is 1. The van der Waals surface area contributed by atoms with E-state index >= 15 is 0 Å². The van der Waals surface area contributed by atoms with Crippen LogP contribution in [0.1, 0.15) is 23.8 Å². The number of nitrogens with zero attached hydrogens (tertiary/aromatic N) is 2. The van der Waals surface area contributed by atoms with Gasteiger partial charge in [-0.05, 0) is 6.42 Å². The van der Waals surface area contributed by atoms with E-state index in [1.54, 1.807) is 6.92 Å². The Morgan fingerprint density at radius 1 is 1.50 bits per heavy atom. The van der Waals surface area contributed by atoms with Gasteiger partial charge in [0.05, 0.1) is 12.4 Å². The van der Waals surface area contributed by atoms with Gasteiger partial charge in [-0.2, -0.15) is 0 Å². The first-order chi connectivity index (χ1) is 7.54. The number of carbonyl (C=O) groups excluding carboxylic acids is 1. The van der Waals surface area contributed by atoms with Crippen LogP contribution in [0, 0.1) is 0 Å². The number of hydrogen-bond acceptors (Lipinski definition) is 4. The number of amides is 1. The quantitative estimate of drug-likeness (QED) is 0.813. The molecule has 0 spiro atoms. The van der Waals surface area contributed by atoms with E-state index in [1.165, 1.54) is 12.4 Å². The minimum atomic E-state index is -1.09. The molecule has 1 aromatic rings. The van der Waals surface area contributed by atoms with Gasteiger partial charge in [0, 0.05) is 0 Å². The van der Waals surface area contributed by atoms with Crippen molar-refractivity contribution >= 4 is 23.5 Å². The standard InChI is InChI=1S/C9H10ClN3O3/c1-2-5(9(15)16)13-8(14)6-3-12-7(10)4-11-6/h3-5H,2H2,1H3,(H,13,14)(H,15,16)/t5-/m0/s1. The molecular formula is C9H10ClN3O3. The summed E-state index contributed by atoms with van der Waals surface area (Å²) in [4.78, 5) is 29.6. The van der Waals surface area contributed by atoms with E-state index in [9.17, 15) is 9.59 Å². The van der Waals surface area contributed by atoms with Crippen LogP contribution < -0.4 is 5.32 Å². The highest BCUT2D eigenvalue weighted by atomic mass is 35.5. The van der Waals surface area contributed by atoms with Gasteiger partial charge in [-0.3, -0.25) is 4.79 Å². The Bertz CT molecular complexity index is 393. The summed E-state index contributed by atoms with van der Waals surface area (Å²) in [6.45, 7) is 1.66. The van der Waals surface area contributed by atoms with Gasteiger partial charge in [-0.1, -0.05) is 18.5 Å². The number of carboxylic acid groups (broad SMARTS) is 1. The van der Waals surface area contributed by atoms with Crippen LogP contribution in [0.4, 0.5) is 0 Å². The summed E-state index contributed by atoms with van der Waals surface area (Å²) in [6, 6.07) is -0.926. The Labute approximate surface area is 96.7 Å². The van der Waals surface area contributed by atoms with Gasteiger partial charge in [-0.15, -0.1) is 0 Å². The van der Waals surface area contributed by atoms with Gasteiger partial charge in [0.15, 0.2) is 0 Å². The third-order valence-corrected chi connectivity index (χ3v) is 2.06. The van der Waals surface area contributed by atoms with Crippen molar-refractivity contribution in [1.82, 2.24) is 15.3 Å². The Morgan fingerprint density at radius 2 is 2.19 bits per heavy atom. The molecule has 7 heteroatoms. The third kappa shape index (κ3) is 3.16. The minimum Gasteiger partial charge on any atom is -0.480 e. The third-order valence-electron chi connectivity index (χ3n) is 1.86. The summed E-state index contributed by atoms with van der Waals surface area (Å²) in [5, 5.41) is 11.2. The monoisotopic (exact) mass is 243 g/mol. The van der Waals surface area contributed by atoms with Crippen molar-refractivity contribution in [1.29, 1.82) is 0 Å². The SMILES string of the molecule is CC[C@H](NC(=O)c1cnc(Cl)cn1)C(=O)O. The zero-order valence-electron chi connectivity index (χ0n) is 8.48. The molecule has 0 saturated heterocycles. The number of halogens is 1. The van der Waals surface area contributed by atoms with Gasteiger partial charge in [0.1, 0.15) is 16.9 Å². The van der Waals surface area contributed by atoms with Crippen LogP contribution in [0.25, 0.3) is 0 Å². The summed E-state index contributed by atoms with van der Waals surface area (Å²) in [5.41, 5.74) is 0.0316. The van der Waals surface area contributed by atoms with Gasteiger partial charge in [0.25, 0.3) is 5.91 Å². The summed E-state index contributed by atoms with van der Waals surface area (Å²) < 4.78 is 0. The molecule has 86 valence electrons. The second-order valence-corrected chi connectivity index (χ2v) is 3.38. The first-order valence-electron chi connectivity index (χ1n) is 4.55. The van der Waals surface area contributed by atoms with Crippen molar-refractivity contribution in [3.63, 3.8) is 0 Å². The second kappa shape index (κ2) is 5.41. The predicted octanol–water partition coefficient (Wildman–Crippen LogP) is 0.723. The molecule has 16 heavy (non-hydrogen) atoms. The van der Waals surface area contributed by atoms with Crippen molar-refractivity contribution in [2.24, 2.45) is 0 Å². The molecule has 2 N–H and O–H groups in total. The van der Waals surface area contributed by atoms with Crippen molar-refractivity contribution in [2.45, 2.75) is 19.4 Å². The number of carbonyl (C=O) groups is 2. The molecular weight excluding hydrogens is 234 g/mol. The van der Waals surface area contributed by atoms with Gasteiger partial charge in [0.2, 0.25) is 0 Å². The molecule has 0 unspecified atom stereocenters. The van der Waals surface area contributed by atoms with Gasteiger partial charge >= 0.3 is 5.97 Å². The minimum absolute atomic E-state index is 0.0316. The van der Waals surface area contributed by atoms with Crippen molar-refractivity contribution < 1.29 is 14.7 Å². The molecule has 0 bridgehead atoms. The Morgan fingerprint density at radius 3 is 2.62 bits per heavy atom. The largest absolute Gasteiger partial charge is 0.480 e. The molecule has 0 aliphatic heterocycles.